The summed E-state index contributed by atoms with van der Waals surface area (Å²) in [7, 11) is 1.93. The van der Waals surface area contributed by atoms with E-state index in [0.717, 1.165) is 47.4 Å². The van der Waals surface area contributed by atoms with Crippen LogP contribution in [0.15, 0.2) is 36.5 Å². The van der Waals surface area contributed by atoms with Gasteiger partial charge in [0.15, 0.2) is 5.82 Å². The average Bonchev–Trinajstić information content (AvgIpc) is 3.15. The maximum absolute atomic E-state index is 14.8. The molecule has 35 heavy (non-hydrogen) atoms. The third-order valence-corrected chi connectivity index (χ3v) is 6.33. The van der Waals surface area contributed by atoms with Gasteiger partial charge in [-0.3, -0.25) is 9.58 Å². The highest BCUT2D eigenvalue weighted by atomic mass is 19.1. The molecule has 1 atom stereocenters. The Balaban J connectivity index is 1.41. The smallest absolute Gasteiger partial charge is 0.229 e. The Morgan fingerprint density at radius 3 is 2.74 bits per heavy atom. The van der Waals surface area contributed by atoms with Crippen LogP contribution in [0.4, 0.5) is 16.2 Å². The molecule has 0 bridgehead atoms. The van der Waals surface area contributed by atoms with Crippen molar-refractivity contribution in [1.29, 1.82) is 0 Å². The van der Waals surface area contributed by atoms with Crippen molar-refractivity contribution in [2.75, 3.05) is 18.4 Å². The lowest BCUT2D eigenvalue weighted by atomic mass is 10.0. The fraction of sp³-hybridized carbons (Fsp3) is 0.385. The Kier molecular flexibility index (Phi) is 6.21. The van der Waals surface area contributed by atoms with E-state index in [4.69, 9.17) is 4.98 Å². The number of hydrogen-bond acceptors (Lipinski definition) is 7. The molecule has 0 saturated carbocycles. The first-order valence-electron chi connectivity index (χ1n) is 11.9. The van der Waals surface area contributed by atoms with Crippen molar-refractivity contribution in [2.24, 2.45) is 7.05 Å². The molecule has 0 spiro atoms. The molecule has 0 radical (unpaired) electrons. The second-order valence-corrected chi connectivity index (χ2v) is 9.55. The molecule has 1 aliphatic rings. The van der Waals surface area contributed by atoms with Crippen LogP contribution >= 0.6 is 0 Å². The number of nitrogens with one attached hydrogen (secondary N) is 1. The van der Waals surface area contributed by atoms with Crippen molar-refractivity contribution in [1.82, 2.24) is 29.6 Å². The van der Waals surface area contributed by atoms with Gasteiger partial charge in [0, 0.05) is 55.4 Å². The minimum atomic E-state index is -0.485. The lowest BCUT2D eigenvalue weighted by Gasteiger charge is -2.29. The summed E-state index contributed by atoms with van der Waals surface area (Å²) in [5, 5.41) is 18.4. The van der Waals surface area contributed by atoms with E-state index < -0.39 is 5.82 Å². The highest BCUT2D eigenvalue weighted by Gasteiger charge is 2.20. The number of hydrogen-bond donors (Lipinski definition) is 2. The molecule has 4 aromatic rings. The number of nitrogens with zero attached hydrogens (tertiary/aromatic N) is 6. The van der Waals surface area contributed by atoms with Crippen LogP contribution in [0.25, 0.3) is 22.2 Å². The van der Waals surface area contributed by atoms with Gasteiger partial charge in [-0.25, -0.2) is 19.3 Å². The number of benzene rings is 1. The number of β-amino-alcohol motifs (C(OH)–C–C–N with tert-alkyl or cyclic N) is 1. The lowest BCUT2D eigenvalue weighted by Crippen LogP contribution is -2.36. The lowest BCUT2D eigenvalue weighted by molar-refractivity contribution is 0.118. The van der Waals surface area contributed by atoms with Gasteiger partial charge in [-0.1, -0.05) is 26.0 Å². The van der Waals surface area contributed by atoms with Crippen LogP contribution in [0.5, 0.6) is 0 Å². The van der Waals surface area contributed by atoms with E-state index in [2.05, 4.69) is 39.1 Å². The first kappa shape index (κ1) is 23.3. The first-order valence-corrected chi connectivity index (χ1v) is 11.9. The SMILES string of the molecule is CC(O)CN1CCc2nc(Nc3ncc(F)c(-c4ccc5nn(C)c(C(C)C)c5c4)n3)ccc2C1. The summed E-state index contributed by atoms with van der Waals surface area (Å²) < 4.78 is 16.7. The van der Waals surface area contributed by atoms with Gasteiger partial charge < -0.3 is 10.4 Å². The van der Waals surface area contributed by atoms with Crippen molar-refractivity contribution in [3.8, 4) is 11.3 Å². The van der Waals surface area contributed by atoms with Crippen molar-refractivity contribution >= 4 is 22.7 Å². The first-order chi connectivity index (χ1) is 16.8. The summed E-state index contributed by atoms with van der Waals surface area (Å²) in [5.41, 5.74) is 5.04. The molecular formula is C26H30FN7O. The van der Waals surface area contributed by atoms with Crippen LogP contribution < -0.4 is 5.32 Å². The predicted molar refractivity (Wildman–Crippen MR) is 134 cm³/mol. The number of aliphatic hydroxyl groups is 1. The van der Waals surface area contributed by atoms with E-state index in [1.807, 2.05) is 42.1 Å². The van der Waals surface area contributed by atoms with Crippen molar-refractivity contribution < 1.29 is 9.50 Å². The molecule has 0 amide bonds. The van der Waals surface area contributed by atoms with E-state index in [-0.39, 0.29) is 23.7 Å². The minimum Gasteiger partial charge on any atom is -0.392 e. The molecule has 1 unspecified atom stereocenters. The number of halogens is 1. The van der Waals surface area contributed by atoms with E-state index in [9.17, 15) is 9.50 Å². The van der Waals surface area contributed by atoms with Gasteiger partial charge in [0.2, 0.25) is 5.95 Å². The van der Waals surface area contributed by atoms with Gasteiger partial charge >= 0.3 is 0 Å². The van der Waals surface area contributed by atoms with Crippen LogP contribution in [0.2, 0.25) is 0 Å². The molecule has 9 heteroatoms. The summed E-state index contributed by atoms with van der Waals surface area (Å²) in [6, 6.07) is 9.60. The molecule has 0 aliphatic carbocycles. The zero-order chi connectivity index (χ0) is 24.7. The molecular weight excluding hydrogens is 445 g/mol. The molecule has 1 aromatic carbocycles. The largest absolute Gasteiger partial charge is 0.392 e. The van der Waals surface area contributed by atoms with E-state index in [0.29, 0.717) is 17.9 Å². The Labute approximate surface area is 203 Å². The number of rotatable bonds is 6. The molecule has 1 aliphatic heterocycles. The normalized spacial score (nSPS) is 14.9. The van der Waals surface area contributed by atoms with Gasteiger partial charge in [-0.2, -0.15) is 5.10 Å². The van der Waals surface area contributed by atoms with Crippen molar-refractivity contribution in [2.45, 2.75) is 45.8 Å². The second kappa shape index (κ2) is 9.31. The standard InChI is InChI=1S/C26H30FN7O/c1-15(2)25-19-11-17(5-7-22(19)32-33(25)4)24-20(27)12-28-26(31-24)30-23-8-6-18-14-34(13-16(3)35)10-9-21(18)29-23/h5-8,11-12,15-16,35H,9-10,13-14H2,1-4H3,(H,28,29,30,31). The molecule has 2 N–H and O–H groups in total. The number of aryl methyl sites for hydroxylation is 1. The van der Waals surface area contributed by atoms with Gasteiger partial charge in [-0.15, -0.1) is 0 Å². The van der Waals surface area contributed by atoms with Crippen molar-refractivity contribution in [3.05, 3.63) is 59.3 Å². The number of fused-ring (bicyclic) bond motifs is 2. The highest BCUT2D eigenvalue weighted by Crippen LogP contribution is 2.30. The van der Waals surface area contributed by atoms with Gasteiger partial charge in [0.25, 0.3) is 0 Å². The fourth-order valence-corrected chi connectivity index (χ4v) is 4.87. The van der Waals surface area contributed by atoms with Crippen LogP contribution in [0, 0.1) is 5.82 Å². The third kappa shape index (κ3) is 4.74. The van der Waals surface area contributed by atoms with Crippen LogP contribution in [0.1, 0.15) is 43.6 Å². The van der Waals surface area contributed by atoms with Crippen molar-refractivity contribution in [3.63, 3.8) is 0 Å². The zero-order valence-electron chi connectivity index (χ0n) is 20.5. The Bertz CT molecular complexity index is 1380. The maximum Gasteiger partial charge on any atom is 0.229 e. The summed E-state index contributed by atoms with van der Waals surface area (Å²) >= 11 is 0. The Morgan fingerprint density at radius 1 is 1.14 bits per heavy atom. The Morgan fingerprint density at radius 2 is 1.97 bits per heavy atom. The minimum absolute atomic E-state index is 0.231. The predicted octanol–water partition coefficient (Wildman–Crippen LogP) is 4.17. The quantitative estimate of drug-likeness (QED) is 0.432. The summed E-state index contributed by atoms with van der Waals surface area (Å²) in [4.78, 5) is 15.6. The van der Waals surface area contributed by atoms with Crippen LogP contribution in [0.3, 0.4) is 0 Å². The van der Waals surface area contributed by atoms with Gasteiger partial charge in [-0.05, 0) is 36.6 Å². The molecule has 182 valence electrons. The molecule has 5 rings (SSSR count). The topological polar surface area (TPSA) is 92.0 Å². The fourth-order valence-electron chi connectivity index (χ4n) is 4.87. The maximum atomic E-state index is 14.8. The third-order valence-electron chi connectivity index (χ3n) is 6.33. The number of aliphatic hydroxyl groups excluding tert-OH is 1. The van der Waals surface area contributed by atoms with Crippen LogP contribution in [-0.2, 0) is 20.0 Å². The summed E-state index contributed by atoms with van der Waals surface area (Å²) in [6.07, 6.45) is 1.63. The molecule has 4 heterocycles. The van der Waals surface area contributed by atoms with Gasteiger partial charge in [0.05, 0.1) is 17.8 Å². The number of pyridine rings is 1. The summed E-state index contributed by atoms with van der Waals surface area (Å²) in [6.45, 7) is 8.30. The number of aromatic nitrogens is 5. The second-order valence-electron chi connectivity index (χ2n) is 9.55. The molecule has 0 fully saturated rings. The average molecular weight is 476 g/mol. The van der Waals surface area contributed by atoms with E-state index in [1.54, 1.807) is 6.92 Å². The number of anilines is 2. The molecule has 3 aromatic heterocycles. The highest BCUT2D eigenvalue weighted by molar-refractivity contribution is 5.86. The Hall–Kier alpha value is -3.43. The van der Waals surface area contributed by atoms with Crippen LogP contribution in [-0.4, -0.2) is 53.9 Å². The van der Waals surface area contributed by atoms with E-state index in [1.165, 1.54) is 6.20 Å². The molecule has 0 saturated heterocycles. The summed E-state index contributed by atoms with van der Waals surface area (Å²) in [5.74, 6) is 0.703. The van der Waals surface area contributed by atoms with Gasteiger partial charge in [0.1, 0.15) is 11.5 Å². The monoisotopic (exact) mass is 475 g/mol. The molecule has 8 nitrogen and oxygen atoms in total. The zero-order valence-corrected chi connectivity index (χ0v) is 20.5. The van der Waals surface area contributed by atoms with E-state index >= 15 is 0 Å².